The minimum atomic E-state index is -3.57. The molecule has 128 valence electrons. The number of amides is 1. The molecule has 2 N–H and O–H groups in total. The van der Waals surface area contributed by atoms with E-state index >= 15 is 0 Å². The Labute approximate surface area is 140 Å². The Morgan fingerprint density at radius 1 is 1.12 bits per heavy atom. The zero-order valence-corrected chi connectivity index (χ0v) is 14.2. The molecular weight excluding hydrogens is 330 g/mol. The molecule has 1 aromatic carbocycles. The average Bonchev–Trinajstić information content (AvgIpc) is 2.49. The fraction of sp³-hybridized carbons (Fsp3) is 0.250. The van der Waals surface area contributed by atoms with Crippen molar-refractivity contribution in [3.05, 3.63) is 59.0 Å². The van der Waals surface area contributed by atoms with Gasteiger partial charge in [0, 0.05) is 24.0 Å². The average molecular weight is 349 g/mol. The number of aromatic nitrogens is 1. The van der Waals surface area contributed by atoms with Crippen LogP contribution in [0.4, 0.5) is 5.69 Å². The van der Waals surface area contributed by atoms with Crippen molar-refractivity contribution in [1.29, 1.82) is 0 Å². The second kappa shape index (κ2) is 7.41. The van der Waals surface area contributed by atoms with E-state index in [1.807, 2.05) is 0 Å². The number of hydrogen-bond donors (Lipinski definition) is 2. The molecule has 0 atom stereocenters. The second-order valence-corrected chi connectivity index (χ2v) is 7.23. The van der Waals surface area contributed by atoms with Gasteiger partial charge in [-0.15, -0.1) is 0 Å². The Balaban J connectivity index is 2.05. The summed E-state index contributed by atoms with van der Waals surface area (Å²) in [6, 6.07) is 10.2. The van der Waals surface area contributed by atoms with Crippen LogP contribution in [0.3, 0.4) is 0 Å². The number of rotatable bonds is 6. The number of pyridine rings is 1. The van der Waals surface area contributed by atoms with Crippen LogP contribution in [0.2, 0.25) is 0 Å². The molecule has 0 spiro atoms. The van der Waals surface area contributed by atoms with Gasteiger partial charge >= 0.3 is 0 Å². The third kappa shape index (κ3) is 4.77. The predicted molar refractivity (Wildman–Crippen MR) is 91.2 cm³/mol. The van der Waals surface area contributed by atoms with E-state index in [1.165, 1.54) is 41.1 Å². The van der Waals surface area contributed by atoms with Crippen LogP contribution in [0, 0.1) is 0 Å². The van der Waals surface area contributed by atoms with E-state index < -0.39 is 10.0 Å². The molecule has 0 radical (unpaired) electrons. The first kappa shape index (κ1) is 17.9. The standard InChI is InChI=1S/C16H19N3O4S/c1-12(2)18-24(22,23)14-8-6-13(7-9-14)17-15(20)11-19-10-4-3-5-16(19)21/h3-10,12,18H,11H2,1-2H3,(H,17,20). The summed E-state index contributed by atoms with van der Waals surface area (Å²) < 4.78 is 27.8. The lowest BCUT2D eigenvalue weighted by Crippen LogP contribution is -2.30. The van der Waals surface area contributed by atoms with Crippen molar-refractivity contribution in [2.45, 2.75) is 31.3 Å². The van der Waals surface area contributed by atoms with Gasteiger partial charge in [0.2, 0.25) is 15.9 Å². The number of hydrogen-bond acceptors (Lipinski definition) is 4. The minimum absolute atomic E-state index is 0.116. The molecule has 1 aromatic heterocycles. The van der Waals surface area contributed by atoms with Crippen LogP contribution >= 0.6 is 0 Å². The SMILES string of the molecule is CC(C)NS(=O)(=O)c1ccc(NC(=O)Cn2ccccc2=O)cc1. The summed E-state index contributed by atoms with van der Waals surface area (Å²) in [6.45, 7) is 3.35. The van der Waals surface area contributed by atoms with Crippen molar-refractivity contribution in [3.63, 3.8) is 0 Å². The lowest BCUT2D eigenvalue weighted by atomic mass is 10.3. The minimum Gasteiger partial charge on any atom is -0.325 e. The highest BCUT2D eigenvalue weighted by atomic mass is 32.2. The van der Waals surface area contributed by atoms with Gasteiger partial charge in [-0.3, -0.25) is 9.59 Å². The Kier molecular flexibility index (Phi) is 5.53. The maximum Gasteiger partial charge on any atom is 0.250 e. The first-order valence-electron chi connectivity index (χ1n) is 7.35. The highest BCUT2D eigenvalue weighted by molar-refractivity contribution is 7.89. The Morgan fingerprint density at radius 2 is 1.79 bits per heavy atom. The van der Waals surface area contributed by atoms with Crippen LogP contribution in [0.15, 0.2) is 58.4 Å². The number of benzene rings is 1. The number of carbonyl (C=O) groups is 1. The maximum atomic E-state index is 12.0. The van der Waals surface area contributed by atoms with Crippen molar-refractivity contribution in [2.75, 3.05) is 5.32 Å². The first-order valence-corrected chi connectivity index (χ1v) is 8.84. The summed E-state index contributed by atoms with van der Waals surface area (Å²) in [5.74, 6) is -0.376. The summed E-state index contributed by atoms with van der Waals surface area (Å²) >= 11 is 0. The molecule has 0 saturated carbocycles. The topological polar surface area (TPSA) is 97.3 Å². The van der Waals surface area contributed by atoms with E-state index in [0.717, 1.165) is 0 Å². The molecule has 7 nitrogen and oxygen atoms in total. The molecule has 0 fully saturated rings. The van der Waals surface area contributed by atoms with Crippen LogP contribution in [-0.2, 0) is 21.4 Å². The zero-order valence-electron chi connectivity index (χ0n) is 13.4. The monoisotopic (exact) mass is 349 g/mol. The molecule has 1 heterocycles. The predicted octanol–water partition coefficient (Wildman–Crippen LogP) is 1.17. The van der Waals surface area contributed by atoms with Gasteiger partial charge in [0.15, 0.2) is 0 Å². The van der Waals surface area contributed by atoms with E-state index in [-0.39, 0.29) is 28.9 Å². The molecule has 2 rings (SSSR count). The molecule has 0 bridgehead atoms. The van der Waals surface area contributed by atoms with Crippen molar-refractivity contribution in [2.24, 2.45) is 0 Å². The molecule has 0 unspecified atom stereocenters. The van der Waals surface area contributed by atoms with Gasteiger partial charge in [-0.1, -0.05) is 6.07 Å². The van der Waals surface area contributed by atoms with E-state index in [9.17, 15) is 18.0 Å². The Bertz CT molecular complexity index is 871. The summed E-state index contributed by atoms with van der Waals surface area (Å²) in [5.41, 5.74) is 0.182. The van der Waals surface area contributed by atoms with Gasteiger partial charge in [-0.05, 0) is 44.2 Å². The van der Waals surface area contributed by atoms with Gasteiger partial charge in [0.05, 0.1) is 4.90 Å². The van der Waals surface area contributed by atoms with Crippen LogP contribution in [0.1, 0.15) is 13.8 Å². The molecular formula is C16H19N3O4S. The van der Waals surface area contributed by atoms with Crippen LogP contribution < -0.4 is 15.6 Å². The van der Waals surface area contributed by atoms with Crippen LogP contribution in [0.5, 0.6) is 0 Å². The van der Waals surface area contributed by atoms with E-state index in [4.69, 9.17) is 0 Å². The highest BCUT2D eigenvalue weighted by Crippen LogP contribution is 2.14. The summed E-state index contributed by atoms with van der Waals surface area (Å²) in [4.78, 5) is 23.6. The van der Waals surface area contributed by atoms with Gasteiger partial charge in [-0.2, -0.15) is 0 Å². The smallest absolute Gasteiger partial charge is 0.250 e. The molecule has 0 saturated heterocycles. The van der Waals surface area contributed by atoms with Gasteiger partial charge in [-0.25, -0.2) is 13.1 Å². The number of nitrogens with zero attached hydrogens (tertiary/aromatic N) is 1. The quantitative estimate of drug-likeness (QED) is 0.818. The van der Waals surface area contributed by atoms with Gasteiger partial charge in [0.25, 0.3) is 5.56 Å². The van der Waals surface area contributed by atoms with Gasteiger partial charge < -0.3 is 9.88 Å². The van der Waals surface area contributed by atoms with E-state index in [2.05, 4.69) is 10.0 Å². The summed E-state index contributed by atoms with van der Waals surface area (Å²) in [7, 11) is -3.57. The molecule has 0 aliphatic rings. The largest absolute Gasteiger partial charge is 0.325 e. The number of carbonyl (C=O) groups excluding carboxylic acids is 1. The summed E-state index contributed by atoms with van der Waals surface area (Å²) in [6.07, 6.45) is 1.52. The number of anilines is 1. The normalized spacial score (nSPS) is 11.5. The van der Waals surface area contributed by atoms with Crippen molar-refractivity contribution < 1.29 is 13.2 Å². The maximum absolute atomic E-state index is 12.0. The fourth-order valence-corrected chi connectivity index (χ4v) is 3.29. The molecule has 2 aromatic rings. The van der Waals surface area contributed by atoms with Gasteiger partial charge in [0.1, 0.15) is 6.54 Å². The third-order valence-corrected chi connectivity index (χ3v) is 4.73. The first-order chi connectivity index (χ1) is 11.3. The van der Waals surface area contributed by atoms with E-state index in [0.29, 0.717) is 5.69 Å². The van der Waals surface area contributed by atoms with E-state index in [1.54, 1.807) is 26.0 Å². The fourth-order valence-electron chi connectivity index (χ4n) is 2.04. The lowest BCUT2D eigenvalue weighted by Gasteiger charge is -2.11. The van der Waals surface area contributed by atoms with Crippen LogP contribution in [0.25, 0.3) is 0 Å². The second-order valence-electron chi connectivity index (χ2n) is 5.52. The lowest BCUT2D eigenvalue weighted by molar-refractivity contribution is -0.116. The van der Waals surface area contributed by atoms with Crippen molar-refractivity contribution >= 4 is 21.6 Å². The van der Waals surface area contributed by atoms with Crippen molar-refractivity contribution in [3.8, 4) is 0 Å². The van der Waals surface area contributed by atoms with Crippen LogP contribution in [-0.4, -0.2) is 24.9 Å². The summed E-state index contributed by atoms with van der Waals surface area (Å²) in [5, 5.41) is 2.62. The molecule has 8 heteroatoms. The Morgan fingerprint density at radius 3 is 2.38 bits per heavy atom. The number of sulfonamides is 1. The zero-order chi connectivity index (χ0) is 17.7. The molecule has 1 amide bonds. The third-order valence-electron chi connectivity index (χ3n) is 3.05. The molecule has 24 heavy (non-hydrogen) atoms. The Hall–Kier alpha value is -2.45. The van der Waals surface area contributed by atoms with Crippen molar-refractivity contribution in [1.82, 2.24) is 9.29 Å². The highest BCUT2D eigenvalue weighted by Gasteiger charge is 2.15. The number of nitrogens with one attached hydrogen (secondary N) is 2. The molecule has 0 aliphatic heterocycles. The molecule has 0 aliphatic carbocycles.